The second-order valence-electron chi connectivity index (χ2n) is 3.51. The SMILES string of the molecule is Nc1cc(N)nc(Sc2ccc(Cl)cc2CO)n1. The quantitative estimate of drug-likeness (QED) is 0.744. The van der Waals surface area contributed by atoms with Crippen molar-refractivity contribution in [1.29, 1.82) is 0 Å². The lowest BCUT2D eigenvalue weighted by Gasteiger charge is -2.07. The number of hydrogen-bond donors (Lipinski definition) is 3. The van der Waals surface area contributed by atoms with Gasteiger partial charge in [-0.1, -0.05) is 11.6 Å². The summed E-state index contributed by atoms with van der Waals surface area (Å²) in [5, 5.41) is 10.3. The maximum absolute atomic E-state index is 9.27. The highest BCUT2D eigenvalue weighted by molar-refractivity contribution is 7.99. The molecule has 7 heteroatoms. The average molecular weight is 283 g/mol. The summed E-state index contributed by atoms with van der Waals surface area (Å²) in [5.41, 5.74) is 11.9. The Bertz CT molecular complexity index is 559. The van der Waals surface area contributed by atoms with E-state index < -0.39 is 0 Å². The molecule has 0 aliphatic carbocycles. The molecule has 0 saturated heterocycles. The van der Waals surface area contributed by atoms with Crippen molar-refractivity contribution >= 4 is 35.0 Å². The summed E-state index contributed by atoms with van der Waals surface area (Å²) in [4.78, 5) is 8.94. The Morgan fingerprint density at radius 2 is 1.83 bits per heavy atom. The van der Waals surface area contributed by atoms with Gasteiger partial charge in [-0.3, -0.25) is 0 Å². The lowest BCUT2D eigenvalue weighted by atomic mass is 10.2. The monoisotopic (exact) mass is 282 g/mol. The van der Waals surface area contributed by atoms with Gasteiger partial charge < -0.3 is 16.6 Å². The molecule has 5 N–H and O–H groups in total. The van der Waals surface area contributed by atoms with Crippen molar-refractivity contribution in [3.63, 3.8) is 0 Å². The first-order chi connectivity index (χ1) is 8.58. The summed E-state index contributed by atoms with van der Waals surface area (Å²) in [6, 6.07) is 6.71. The predicted octanol–water partition coefficient (Wildman–Crippen LogP) is 1.94. The summed E-state index contributed by atoms with van der Waals surface area (Å²) < 4.78 is 0. The number of nitrogens with zero attached hydrogens (tertiary/aromatic N) is 2. The molecule has 5 nitrogen and oxygen atoms in total. The third-order valence-corrected chi connectivity index (χ3v) is 3.36. The molecule has 2 aromatic rings. The molecule has 18 heavy (non-hydrogen) atoms. The third kappa shape index (κ3) is 3.04. The van der Waals surface area contributed by atoms with E-state index in [9.17, 15) is 5.11 Å². The van der Waals surface area contributed by atoms with Gasteiger partial charge in [0.15, 0.2) is 5.16 Å². The van der Waals surface area contributed by atoms with E-state index in [4.69, 9.17) is 23.1 Å². The van der Waals surface area contributed by atoms with Gasteiger partial charge in [0, 0.05) is 16.0 Å². The Hall–Kier alpha value is -1.50. The van der Waals surface area contributed by atoms with Gasteiger partial charge in [0.05, 0.1) is 6.61 Å². The number of anilines is 2. The van der Waals surface area contributed by atoms with E-state index in [2.05, 4.69) is 9.97 Å². The van der Waals surface area contributed by atoms with Crippen LogP contribution in [0, 0.1) is 0 Å². The minimum Gasteiger partial charge on any atom is -0.392 e. The standard InChI is InChI=1S/C11H11ClN4OS/c12-7-1-2-8(6(3-7)5-17)18-11-15-9(13)4-10(14)16-11/h1-4,17H,5H2,(H4,13,14,15,16). The van der Waals surface area contributed by atoms with Crippen LogP contribution in [0.25, 0.3) is 0 Å². The van der Waals surface area contributed by atoms with Gasteiger partial charge in [0.25, 0.3) is 0 Å². The molecule has 94 valence electrons. The molecule has 0 amide bonds. The summed E-state index contributed by atoms with van der Waals surface area (Å²) >= 11 is 7.13. The van der Waals surface area contributed by atoms with Crippen LogP contribution in [0.3, 0.4) is 0 Å². The maximum atomic E-state index is 9.27. The van der Waals surface area contributed by atoms with Crippen LogP contribution in [0.15, 0.2) is 34.3 Å². The van der Waals surface area contributed by atoms with Crippen molar-refractivity contribution in [1.82, 2.24) is 9.97 Å². The summed E-state index contributed by atoms with van der Waals surface area (Å²) in [7, 11) is 0. The first-order valence-corrected chi connectivity index (χ1v) is 6.25. The maximum Gasteiger partial charge on any atom is 0.196 e. The van der Waals surface area contributed by atoms with Crippen LogP contribution in [0.2, 0.25) is 5.02 Å². The van der Waals surface area contributed by atoms with Gasteiger partial charge in [-0.2, -0.15) is 0 Å². The van der Waals surface area contributed by atoms with Crippen LogP contribution in [0.4, 0.5) is 11.6 Å². The molecular formula is C11H11ClN4OS. The Kier molecular flexibility index (Phi) is 3.90. The van der Waals surface area contributed by atoms with Crippen molar-refractivity contribution in [2.24, 2.45) is 0 Å². The zero-order valence-corrected chi connectivity index (χ0v) is 10.9. The number of nitrogens with two attached hydrogens (primary N) is 2. The van der Waals surface area contributed by atoms with Crippen molar-refractivity contribution in [2.45, 2.75) is 16.7 Å². The van der Waals surface area contributed by atoms with E-state index in [0.717, 1.165) is 4.90 Å². The molecule has 0 saturated carbocycles. The second kappa shape index (κ2) is 5.43. The fraction of sp³-hybridized carbons (Fsp3) is 0.0909. The number of benzene rings is 1. The topological polar surface area (TPSA) is 98.1 Å². The Morgan fingerprint density at radius 1 is 1.17 bits per heavy atom. The van der Waals surface area contributed by atoms with E-state index in [1.54, 1.807) is 18.2 Å². The molecule has 0 unspecified atom stereocenters. The number of nitrogen functional groups attached to an aromatic ring is 2. The van der Waals surface area contributed by atoms with Crippen LogP contribution in [-0.4, -0.2) is 15.1 Å². The Morgan fingerprint density at radius 3 is 2.44 bits per heavy atom. The number of halogens is 1. The van der Waals surface area contributed by atoms with E-state index in [0.29, 0.717) is 27.4 Å². The molecule has 0 atom stereocenters. The van der Waals surface area contributed by atoms with Gasteiger partial charge in [-0.15, -0.1) is 0 Å². The normalized spacial score (nSPS) is 10.6. The fourth-order valence-corrected chi connectivity index (χ4v) is 2.46. The van der Waals surface area contributed by atoms with Gasteiger partial charge in [-0.25, -0.2) is 9.97 Å². The van der Waals surface area contributed by atoms with Crippen LogP contribution >= 0.6 is 23.4 Å². The molecule has 0 aliphatic heterocycles. The largest absolute Gasteiger partial charge is 0.392 e. The van der Waals surface area contributed by atoms with Crippen molar-refractivity contribution in [3.8, 4) is 0 Å². The molecule has 0 spiro atoms. The van der Waals surface area contributed by atoms with E-state index in [1.165, 1.54) is 17.8 Å². The fourth-order valence-electron chi connectivity index (χ4n) is 1.38. The Labute approximate surface area is 113 Å². The first kappa shape index (κ1) is 12.9. The second-order valence-corrected chi connectivity index (χ2v) is 4.96. The molecule has 1 heterocycles. The smallest absolute Gasteiger partial charge is 0.196 e. The average Bonchev–Trinajstić information content (AvgIpc) is 2.30. The highest BCUT2D eigenvalue weighted by Crippen LogP contribution is 2.30. The molecular weight excluding hydrogens is 272 g/mol. The minimum absolute atomic E-state index is 0.110. The molecule has 0 fully saturated rings. The number of hydrogen-bond acceptors (Lipinski definition) is 6. The van der Waals surface area contributed by atoms with Crippen LogP contribution in [0.5, 0.6) is 0 Å². The van der Waals surface area contributed by atoms with Gasteiger partial charge >= 0.3 is 0 Å². The molecule has 0 radical (unpaired) electrons. The van der Waals surface area contributed by atoms with Crippen LogP contribution < -0.4 is 11.5 Å². The lowest BCUT2D eigenvalue weighted by Crippen LogP contribution is -1.99. The number of rotatable bonds is 3. The Balaban J connectivity index is 2.33. The highest BCUT2D eigenvalue weighted by atomic mass is 35.5. The number of aliphatic hydroxyl groups is 1. The number of aliphatic hydroxyl groups excluding tert-OH is 1. The lowest BCUT2D eigenvalue weighted by molar-refractivity contribution is 0.279. The van der Waals surface area contributed by atoms with Gasteiger partial charge in [0.2, 0.25) is 0 Å². The summed E-state index contributed by atoms with van der Waals surface area (Å²) in [6.07, 6.45) is 0. The zero-order chi connectivity index (χ0) is 13.1. The van der Waals surface area contributed by atoms with E-state index >= 15 is 0 Å². The van der Waals surface area contributed by atoms with Crippen molar-refractivity contribution in [3.05, 3.63) is 34.9 Å². The highest BCUT2D eigenvalue weighted by Gasteiger charge is 2.08. The first-order valence-electron chi connectivity index (χ1n) is 5.05. The molecule has 2 rings (SSSR count). The zero-order valence-electron chi connectivity index (χ0n) is 9.30. The van der Waals surface area contributed by atoms with E-state index in [-0.39, 0.29) is 6.61 Å². The van der Waals surface area contributed by atoms with Gasteiger partial charge in [-0.05, 0) is 35.5 Å². The molecule has 1 aromatic heterocycles. The van der Waals surface area contributed by atoms with Crippen molar-refractivity contribution in [2.75, 3.05) is 11.5 Å². The van der Waals surface area contributed by atoms with Gasteiger partial charge in [0.1, 0.15) is 11.6 Å². The third-order valence-electron chi connectivity index (χ3n) is 2.14. The predicted molar refractivity (Wildman–Crippen MR) is 72.4 cm³/mol. The number of aromatic nitrogens is 2. The van der Waals surface area contributed by atoms with Crippen LogP contribution in [-0.2, 0) is 6.61 Å². The molecule has 1 aromatic carbocycles. The molecule has 0 bridgehead atoms. The molecule has 0 aliphatic rings. The summed E-state index contributed by atoms with van der Waals surface area (Å²) in [5.74, 6) is 0.619. The minimum atomic E-state index is -0.110. The van der Waals surface area contributed by atoms with Crippen LogP contribution in [0.1, 0.15) is 5.56 Å². The van der Waals surface area contributed by atoms with E-state index in [1.807, 2.05) is 0 Å². The van der Waals surface area contributed by atoms with Crippen molar-refractivity contribution < 1.29 is 5.11 Å². The summed E-state index contributed by atoms with van der Waals surface area (Å²) in [6.45, 7) is -0.110.